The molecule has 0 bridgehead atoms. The second kappa shape index (κ2) is 7.03. The van der Waals surface area contributed by atoms with Crippen molar-refractivity contribution in [2.45, 2.75) is 38.4 Å². The maximum Gasteiger partial charge on any atom is 0.0967 e. The van der Waals surface area contributed by atoms with Gasteiger partial charge in [-0.1, -0.05) is 35.5 Å². The van der Waals surface area contributed by atoms with E-state index in [1.54, 1.807) is 0 Å². The fraction of sp³-hybridized carbons (Fsp3) is 0.529. The minimum atomic E-state index is 0.366. The van der Waals surface area contributed by atoms with Gasteiger partial charge >= 0.3 is 0 Å². The van der Waals surface area contributed by atoms with Crippen molar-refractivity contribution < 1.29 is 0 Å². The Kier molecular flexibility index (Phi) is 4.85. The monoisotopic (exact) mass is 299 g/mol. The number of benzene rings is 1. The van der Waals surface area contributed by atoms with Crippen LogP contribution < -0.4 is 5.32 Å². The summed E-state index contributed by atoms with van der Waals surface area (Å²) in [5.74, 6) is 0. The average Bonchev–Trinajstić information content (AvgIpc) is 3.04. The molecule has 1 fully saturated rings. The van der Waals surface area contributed by atoms with Crippen molar-refractivity contribution in [2.75, 3.05) is 20.1 Å². The molecular weight excluding hydrogens is 274 g/mol. The first-order valence-electron chi connectivity index (χ1n) is 8.10. The van der Waals surface area contributed by atoms with Crippen molar-refractivity contribution in [3.63, 3.8) is 0 Å². The lowest BCUT2D eigenvalue weighted by molar-refractivity contribution is 0.250. The second-order valence-electron chi connectivity index (χ2n) is 6.17. The first-order chi connectivity index (χ1) is 10.7. The normalized spacial score (nSPS) is 17.8. The third-order valence-electron chi connectivity index (χ3n) is 4.60. The first kappa shape index (κ1) is 15.2. The Morgan fingerprint density at radius 3 is 2.73 bits per heavy atom. The van der Waals surface area contributed by atoms with Crippen LogP contribution >= 0.6 is 0 Å². The van der Waals surface area contributed by atoms with Crippen LogP contribution in [0.5, 0.6) is 0 Å². The fourth-order valence-electron chi connectivity index (χ4n) is 3.01. The molecule has 3 rings (SSSR count). The summed E-state index contributed by atoms with van der Waals surface area (Å²) in [6.07, 6.45) is 4.39. The quantitative estimate of drug-likeness (QED) is 0.921. The van der Waals surface area contributed by atoms with Crippen LogP contribution in [-0.4, -0.2) is 40.0 Å². The van der Waals surface area contributed by atoms with E-state index in [9.17, 15) is 0 Å². The van der Waals surface area contributed by atoms with Crippen molar-refractivity contribution in [1.82, 2.24) is 25.2 Å². The molecule has 0 unspecified atom stereocenters. The van der Waals surface area contributed by atoms with E-state index in [1.165, 1.54) is 5.56 Å². The van der Waals surface area contributed by atoms with Gasteiger partial charge < -0.3 is 5.32 Å². The highest BCUT2D eigenvalue weighted by Gasteiger charge is 2.18. The lowest BCUT2D eigenvalue weighted by atomic mass is 10.1. The number of nitrogens with zero attached hydrogens (tertiary/aromatic N) is 4. The van der Waals surface area contributed by atoms with Crippen molar-refractivity contribution in [3.8, 4) is 0 Å². The number of piperidine rings is 1. The zero-order valence-corrected chi connectivity index (χ0v) is 13.4. The van der Waals surface area contributed by atoms with Crippen molar-refractivity contribution in [1.29, 1.82) is 0 Å². The third-order valence-corrected chi connectivity index (χ3v) is 4.60. The summed E-state index contributed by atoms with van der Waals surface area (Å²) in [6, 6.07) is 11.4. The van der Waals surface area contributed by atoms with E-state index in [-0.39, 0.29) is 0 Å². The molecule has 1 aromatic carbocycles. The summed E-state index contributed by atoms with van der Waals surface area (Å²) in [5, 5.41) is 12.1. The Hall–Kier alpha value is -1.72. The summed E-state index contributed by atoms with van der Waals surface area (Å²) in [4.78, 5) is 2.31. The van der Waals surface area contributed by atoms with Gasteiger partial charge in [0, 0.05) is 12.6 Å². The van der Waals surface area contributed by atoms with E-state index >= 15 is 0 Å². The largest absolute Gasteiger partial charge is 0.317 e. The predicted octanol–water partition coefficient (Wildman–Crippen LogP) is 2.40. The maximum atomic E-state index is 4.36. The van der Waals surface area contributed by atoms with Crippen molar-refractivity contribution in [2.24, 2.45) is 0 Å². The number of hydrogen-bond donors (Lipinski definition) is 1. The van der Waals surface area contributed by atoms with E-state index < -0.39 is 0 Å². The van der Waals surface area contributed by atoms with Gasteiger partial charge in [0.2, 0.25) is 0 Å². The highest BCUT2D eigenvalue weighted by Crippen LogP contribution is 2.21. The SMILES string of the molecule is C[C@@H](c1ccccc1)N(C)Cc1cn(C2CCNCC2)nn1. The van der Waals surface area contributed by atoms with Gasteiger partial charge in [-0.3, -0.25) is 4.90 Å². The zero-order chi connectivity index (χ0) is 15.4. The molecule has 1 atom stereocenters. The van der Waals surface area contributed by atoms with E-state index in [0.717, 1.165) is 38.2 Å². The van der Waals surface area contributed by atoms with E-state index in [4.69, 9.17) is 0 Å². The average molecular weight is 299 g/mol. The Labute approximate surface area is 132 Å². The minimum absolute atomic E-state index is 0.366. The summed E-state index contributed by atoms with van der Waals surface area (Å²) >= 11 is 0. The lowest BCUT2D eigenvalue weighted by Crippen LogP contribution is -2.29. The van der Waals surface area contributed by atoms with Crippen LogP contribution in [0, 0.1) is 0 Å². The number of rotatable bonds is 5. The summed E-state index contributed by atoms with van der Waals surface area (Å²) < 4.78 is 2.05. The molecule has 0 amide bonds. The van der Waals surface area contributed by atoms with E-state index in [1.807, 2.05) is 0 Å². The minimum Gasteiger partial charge on any atom is -0.317 e. The highest BCUT2D eigenvalue weighted by molar-refractivity contribution is 5.18. The molecule has 0 spiro atoms. The van der Waals surface area contributed by atoms with Crippen LogP contribution in [0.4, 0.5) is 0 Å². The smallest absolute Gasteiger partial charge is 0.0967 e. The molecular formula is C17H25N5. The zero-order valence-electron chi connectivity index (χ0n) is 13.4. The van der Waals surface area contributed by atoms with Gasteiger partial charge in [-0.15, -0.1) is 5.10 Å². The Balaban J connectivity index is 1.62. The standard InChI is InChI=1S/C17H25N5/c1-14(15-6-4-3-5-7-15)21(2)12-16-13-22(20-19-16)17-8-10-18-11-9-17/h3-7,13-14,17-18H,8-12H2,1-2H3/t14-/m0/s1. The van der Waals surface area contributed by atoms with E-state index in [0.29, 0.717) is 12.1 Å². The van der Waals surface area contributed by atoms with Crippen LogP contribution in [0.2, 0.25) is 0 Å². The summed E-state index contributed by atoms with van der Waals surface area (Å²) in [6.45, 7) is 5.20. The molecule has 0 saturated carbocycles. The molecule has 5 heteroatoms. The second-order valence-corrected chi connectivity index (χ2v) is 6.17. The molecule has 2 heterocycles. The molecule has 1 saturated heterocycles. The lowest BCUT2D eigenvalue weighted by Gasteiger charge is -2.24. The van der Waals surface area contributed by atoms with Gasteiger partial charge in [-0.2, -0.15) is 0 Å². The van der Waals surface area contributed by atoms with Crippen LogP contribution in [-0.2, 0) is 6.54 Å². The molecule has 1 aliphatic heterocycles. The molecule has 1 aliphatic rings. The third kappa shape index (κ3) is 3.54. The fourth-order valence-corrected chi connectivity index (χ4v) is 3.01. The Morgan fingerprint density at radius 2 is 2.00 bits per heavy atom. The maximum absolute atomic E-state index is 4.36. The molecule has 5 nitrogen and oxygen atoms in total. The van der Waals surface area contributed by atoms with E-state index in [2.05, 4.69) is 75.7 Å². The molecule has 118 valence electrons. The number of aromatic nitrogens is 3. The number of hydrogen-bond acceptors (Lipinski definition) is 4. The summed E-state index contributed by atoms with van der Waals surface area (Å²) in [7, 11) is 2.14. The van der Waals surface area contributed by atoms with Gasteiger partial charge in [0.1, 0.15) is 0 Å². The molecule has 2 aromatic rings. The molecule has 0 radical (unpaired) electrons. The van der Waals surface area contributed by atoms with Crippen molar-refractivity contribution >= 4 is 0 Å². The predicted molar refractivity (Wildman–Crippen MR) is 87.5 cm³/mol. The van der Waals surface area contributed by atoms with Gasteiger partial charge in [0.05, 0.1) is 17.9 Å². The van der Waals surface area contributed by atoms with Crippen LogP contribution in [0.1, 0.15) is 43.1 Å². The van der Waals surface area contributed by atoms with Gasteiger partial charge in [0.15, 0.2) is 0 Å². The van der Waals surface area contributed by atoms with Gasteiger partial charge in [-0.05, 0) is 45.5 Å². The molecule has 22 heavy (non-hydrogen) atoms. The van der Waals surface area contributed by atoms with Crippen LogP contribution in [0.3, 0.4) is 0 Å². The topological polar surface area (TPSA) is 46.0 Å². The van der Waals surface area contributed by atoms with Gasteiger partial charge in [-0.25, -0.2) is 4.68 Å². The molecule has 1 N–H and O–H groups in total. The van der Waals surface area contributed by atoms with Crippen molar-refractivity contribution in [3.05, 3.63) is 47.8 Å². The Bertz CT molecular complexity index is 574. The van der Waals surface area contributed by atoms with Gasteiger partial charge in [0.25, 0.3) is 0 Å². The molecule has 0 aliphatic carbocycles. The van der Waals surface area contributed by atoms with Crippen LogP contribution in [0.15, 0.2) is 36.5 Å². The van der Waals surface area contributed by atoms with Crippen LogP contribution in [0.25, 0.3) is 0 Å². The Morgan fingerprint density at radius 1 is 1.27 bits per heavy atom. The summed E-state index contributed by atoms with van der Waals surface area (Å²) in [5.41, 5.74) is 2.37. The number of nitrogens with one attached hydrogen (secondary N) is 1. The first-order valence-corrected chi connectivity index (χ1v) is 8.10. The molecule has 1 aromatic heterocycles. The highest BCUT2D eigenvalue weighted by atomic mass is 15.4.